The molecule has 3 N–H and O–H groups in total. The van der Waals surface area contributed by atoms with Crippen LogP contribution in [0.5, 0.6) is 11.5 Å². The van der Waals surface area contributed by atoms with Crippen molar-refractivity contribution in [1.29, 1.82) is 0 Å². The highest BCUT2D eigenvalue weighted by atomic mass is 32.2. The minimum atomic E-state index is -0.885. The molecule has 1 fully saturated rings. The van der Waals surface area contributed by atoms with Crippen LogP contribution < -0.4 is 4.90 Å². The van der Waals surface area contributed by atoms with Gasteiger partial charge in [0.2, 0.25) is 5.91 Å². The maximum absolute atomic E-state index is 13.3. The van der Waals surface area contributed by atoms with E-state index in [-0.39, 0.29) is 29.0 Å². The fourth-order valence-electron chi connectivity index (χ4n) is 4.43. The third-order valence-electron chi connectivity index (χ3n) is 6.46. The lowest BCUT2D eigenvalue weighted by atomic mass is 9.91. The number of nitrogens with zero attached hydrogens (tertiary/aromatic N) is 2. The van der Waals surface area contributed by atoms with E-state index in [4.69, 9.17) is 0 Å². The number of aromatic nitrogens is 1. The quantitative estimate of drug-likeness (QED) is 0.280. The number of pyridine rings is 1. The van der Waals surface area contributed by atoms with Gasteiger partial charge >= 0.3 is 0 Å². The summed E-state index contributed by atoms with van der Waals surface area (Å²) in [7, 11) is 0. The number of aliphatic hydroxyl groups excluding tert-OH is 1. The second-order valence-electron chi connectivity index (χ2n) is 8.95. The number of β-lactam (4-membered cyclic amide) rings is 1. The van der Waals surface area contributed by atoms with Crippen LogP contribution in [0, 0.1) is 12.7 Å². The third kappa shape index (κ3) is 5.03. The number of aryl methyl sites for hydroxylation is 1. The summed E-state index contributed by atoms with van der Waals surface area (Å²) in [5, 5.41) is 30.4. The standard InChI is InChI=1S/C29H25FN2O4S/c1-17-2-3-20(15-31-17)18-6-10-22(11-7-18)32-27(24-13-12-23(33)14-25(24)34)28(29(32)36)37-16-26(35)19-4-8-21(30)9-5-19/h2-15,26-28,33-35H,16H2,1H3/t26-,27-,28-/m1/s1. The third-order valence-corrected chi connectivity index (χ3v) is 7.78. The molecule has 4 aromatic rings. The van der Waals surface area contributed by atoms with Crippen molar-refractivity contribution in [3.05, 3.63) is 108 Å². The van der Waals surface area contributed by atoms with Gasteiger partial charge in [0.25, 0.3) is 0 Å². The summed E-state index contributed by atoms with van der Waals surface area (Å²) >= 11 is 1.28. The van der Waals surface area contributed by atoms with E-state index in [1.54, 1.807) is 17.2 Å². The molecule has 0 spiro atoms. The Labute approximate surface area is 218 Å². The lowest BCUT2D eigenvalue weighted by Crippen LogP contribution is -2.57. The van der Waals surface area contributed by atoms with E-state index in [1.807, 2.05) is 43.3 Å². The number of hydrogen-bond donors (Lipinski definition) is 3. The van der Waals surface area contributed by atoms with Crippen LogP contribution in [0.15, 0.2) is 85.1 Å². The monoisotopic (exact) mass is 516 g/mol. The van der Waals surface area contributed by atoms with Gasteiger partial charge in [0.1, 0.15) is 22.6 Å². The van der Waals surface area contributed by atoms with Gasteiger partial charge in [-0.2, -0.15) is 0 Å². The van der Waals surface area contributed by atoms with Gasteiger partial charge in [-0.15, -0.1) is 11.8 Å². The number of carbonyl (C=O) groups is 1. The molecule has 3 atom stereocenters. The van der Waals surface area contributed by atoms with Gasteiger partial charge in [0.05, 0.1) is 12.1 Å². The Morgan fingerprint density at radius 2 is 1.68 bits per heavy atom. The van der Waals surface area contributed by atoms with Crippen LogP contribution in [0.1, 0.15) is 29.0 Å². The largest absolute Gasteiger partial charge is 0.508 e. The van der Waals surface area contributed by atoms with E-state index in [1.165, 1.54) is 48.2 Å². The molecule has 5 rings (SSSR count). The summed E-state index contributed by atoms with van der Waals surface area (Å²) in [5.41, 5.74) is 4.57. The Morgan fingerprint density at radius 3 is 2.32 bits per heavy atom. The van der Waals surface area contributed by atoms with E-state index >= 15 is 0 Å². The maximum atomic E-state index is 13.3. The normalized spacial score (nSPS) is 17.9. The van der Waals surface area contributed by atoms with Gasteiger partial charge in [-0.05, 0) is 60.5 Å². The van der Waals surface area contributed by atoms with Gasteiger partial charge in [-0.1, -0.05) is 30.3 Å². The van der Waals surface area contributed by atoms with E-state index in [2.05, 4.69) is 4.98 Å². The number of carbonyl (C=O) groups excluding carboxylic acids is 1. The zero-order valence-corrected chi connectivity index (χ0v) is 20.8. The molecule has 0 saturated carbocycles. The van der Waals surface area contributed by atoms with Crippen molar-refractivity contribution in [3.63, 3.8) is 0 Å². The van der Waals surface area contributed by atoms with Crippen LogP contribution in [-0.4, -0.2) is 37.2 Å². The van der Waals surface area contributed by atoms with Crippen molar-refractivity contribution < 1.29 is 24.5 Å². The Hall–Kier alpha value is -3.88. The van der Waals surface area contributed by atoms with Gasteiger partial charge in [-0.25, -0.2) is 4.39 Å². The molecule has 188 valence electrons. The van der Waals surface area contributed by atoms with E-state index < -0.39 is 17.4 Å². The van der Waals surface area contributed by atoms with Crippen molar-refractivity contribution >= 4 is 23.4 Å². The molecule has 1 amide bonds. The van der Waals surface area contributed by atoms with Crippen LogP contribution in [0.2, 0.25) is 0 Å². The zero-order chi connectivity index (χ0) is 26.1. The first-order valence-electron chi connectivity index (χ1n) is 11.7. The zero-order valence-electron chi connectivity index (χ0n) is 20.0. The molecule has 37 heavy (non-hydrogen) atoms. The minimum Gasteiger partial charge on any atom is -0.508 e. The van der Waals surface area contributed by atoms with Crippen molar-refractivity contribution in [2.75, 3.05) is 10.7 Å². The molecule has 0 unspecified atom stereocenters. The number of phenolic OH excluding ortho intramolecular Hbond substituents is 2. The van der Waals surface area contributed by atoms with Gasteiger partial charge in [-0.3, -0.25) is 9.78 Å². The molecule has 0 bridgehead atoms. The van der Waals surface area contributed by atoms with E-state index in [0.29, 0.717) is 16.8 Å². The molecular weight excluding hydrogens is 491 g/mol. The number of hydrogen-bond acceptors (Lipinski definition) is 6. The highest BCUT2D eigenvalue weighted by molar-refractivity contribution is 8.00. The van der Waals surface area contributed by atoms with Crippen LogP contribution in [0.3, 0.4) is 0 Å². The van der Waals surface area contributed by atoms with E-state index in [0.717, 1.165) is 16.8 Å². The number of aliphatic hydroxyl groups is 1. The molecule has 3 aromatic carbocycles. The summed E-state index contributed by atoms with van der Waals surface area (Å²) in [6.07, 6.45) is 0.916. The molecule has 1 aliphatic rings. The Bertz CT molecular complexity index is 1410. The number of anilines is 1. The first-order valence-corrected chi connectivity index (χ1v) is 12.8. The van der Waals surface area contributed by atoms with Crippen LogP contribution in [0.4, 0.5) is 10.1 Å². The molecule has 1 aromatic heterocycles. The number of rotatable bonds is 7. The molecule has 6 nitrogen and oxygen atoms in total. The number of halogens is 1. The molecule has 1 aliphatic heterocycles. The molecular formula is C29H25FN2O4S. The highest BCUT2D eigenvalue weighted by Gasteiger charge is 2.50. The van der Waals surface area contributed by atoms with Crippen LogP contribution in [-0.2, 0) is 4.79 Å². The van der Waals surface area contributed by atoms with Gasteiger partial charge in [0.15, 0.2) is 0 Å². The fraction of sp³-hybridized carbons (Fsp3) is 0.172. The van der Waals surface area contributed by atoms with Gasteiger partial charge in [0, 0.05) is 40.5 Å². The lowest BCUT2D eigenvalue weighted by molar-refractivity contribution is -0.123. The first-order chi connectivity index (χ1) is 17.8. The molecule has 8 heteroatoms. The molecule has 1 saturated heterocycles. The van der Waals surface area contributed by atoms with Crippen LogP contribution >= 0.6 is 11.8 Å². The number of aromatic hydroxyl groups is 2. The molecule has 0 aliphatic carbocycles. The van der Waals surface area contributed by atoms with Crippen LogP contribution in [0.25, 0.3) is 11.1 Å². The summed E-state index contributed by atoms with van der Waals surface area (Å²) in [6, 6.07) is 20.9. The summed E-state index contributed by atoms with van der Waals surface area (Å²) in [6.45, 7) is 1.92. The number of benzene rings is 3. The predicted octanol–water partition coefficient (Wildman–Crippen LogP) is 5.53. The second-order valence-corrected chi connectivity index (χ2v) is 10.1. The average molecular weight is 517 g/mol. The number of thioether (sulfide) groups is 1. The van der Waals surface area contributed by atoms with Gasteiger partial charge < -0.3 is 20.2 Å². The highest BCUT2D eigenvalue weighted by Crippen LogP contribution is 2.48. The smallest absolute Gasteiger partial charge is 0.243 e. The van der Waals surface area contributed by atoms with Crippen molar-refractivity contribution in [1.82, 2.24) is 4.98 Å². The average Bonchev–Trinajstić information content (AvgIpc) is 2.89. The predicted molar refractivity (Wildman–Crippen MR) is 142 cm³/mol. The van der Waals surface area contributed by atoms with Crippen molar-refractivity contribution in [2.45, 2.75) is 24.3 Å². The topological polar surface area (TPSA) is 93.9 Å². The Balaban J connectivity index is 1.40. The van der Waals surface area contributed by atoms with Crippen molar-refractivity contribution in [3.8, 4) is 22.6 Å². The van der Waals surface area contributed by atoms with Crippen molar-refractivity contribution in [2.24, 2.45) is 0 Å². The maximum Gasteiger partial charge on any atom is 0.243 e. The summed E-state index contributed by atoms with van der Waals surface area (Å²) < 4.78 is 13.2. The fourth-order valence-corrected chi connectivity index (χ4v) is 5.71. The molecule has 2 heterocycles. The number of phenols is 2. The minimum absolute atomic E-state index is 0.0783. The Morgan fingerprint density at radius 1 is 0.973 bits per heavy atom. The second kappa shape index (κ2) is 10.2. The summed E-state index contributed by atoms with van der Waals surface area (Å²) in [4.78, 5) is 19.3. The Kier molecular flexibility index (Phi) is 6.86. The first kappa shape index (κ1) is 24.8. The van der Waals surface area contributed by atoms with E-state index in [9.17, 15) is 24.5 Å². The molecule has 0 radical (unpaired) electrons. The summed E-state index contributed by atoms with van der Waals surface area (Å²) in [5.74, 6) is -0.524. The SMILES string of the molecule is Cc1ccc(-c2ccc(N3C(=O)[C@H](SC[C@@H](O)c4ccc(F)cc4)[C@H]3c3ccc(O)cc3O)cc2)cn1. The lowest BCUT2D eigenvalue weighted by Gasteiger charge is -2.47. The number of amides is 1.